The molecular weight excluding hydrogens is 356 g/mol. The van der Waals surface area contributed by atoms with Gasteiger partial charge in [-0.05, 0) is 32.8 Å². The summed E-state index contributed by atoms with van der Waals surface area (Å²) >= 11 is 0. The van der Waals surface area contributed by atoms with Crippen LogP contribution in [0.25, 0.3) is 0 Å². The molecule has 1 saturated heterocycles. The molecule has 0 unspecified atom stereocenters. The molecule has 1 amide bonds. The lowest BCUT2D eigenvalue weighted by molar-refractivity contribution is -0.133. The average molecular weight is 382 g/mol. The predicted octanol–water partition coefficient (Wildman–Crippen LogP) is 1.45. The van der Waals surface area contributed by atoms with Crippen LogP contribution in [0, 0.1) is 6.92 Å². The molecule has 28 heavy (non-hydrogen) atoms. The predicted molar refractivity (Wildman–Crippen MR) is 103 cm³/mol. The fourth-order valence-electron chi connectivity index (χ4n) is 3.86. The highest BCUT2D eigenvalue weighted by atomic mass is 16.2. The molecule has 148 valence electrons. The van der Waals surface area contributed by atoms with Crippen LogP contribution in [0.5, 0.6) is 0 Å². The summed E-state index contributed by atoms with van der Waals surface area (Å²) in [4.78, 5) is 18.7. The number of carbonyl (C=O) groups excluding carboxylic acids is 1. The van der Waals surface area contributed by atoms with Gasteiger partial charge in [0.05, 0.1) is 6.54 Å². The third-order valence-electron chi connectivity index (χ3n) is 5.48. The van der Waals surface area contributed by atoms with Gasteiger partial charge in [0.2, 0.25) is 5.91 Å². The summed E-state index contributed by atoms with van der Waals surface area (Å²) in [6.45, 7) is 7.42. The maximum Gasteiger partial charge on any atom is 0.244 e. The van der Waals surface area contributed by atoms with E-state index in [1.165, 1.54) is 0 Å². The number of imidazole rings is 1. The fraction of sp³-hybridized carbons (Fsp3) is 0.526. The van der Waals surface area contributed by atoms with Gasteiger partial charge < -0.3 is 14.0 Å². The third kappa shape index (κ3) is 3.69. The van der Waals surface area contributed by atoms with E-state index in [4.69, 9.17) is 0 Å². The molecule has 0 aliphatic carbocycles. The zero-order valence-electron chi connectivity index (χ0n) is 16.4. The number of rotatable bonds is 6. The number of piperidine rings is 1. The largest absolute Gasteiger partial charge is 0.341 e. The van der Waals surface area contributed by atoms with Gasteiger partial charge >= 0.3 is 0 Å². The lowest BCUT2D eigenvalue weighted by Crippen LogP contribution is -2.40. The molecule has 1 aliphatic heterocycles. The van der Waals surface area contributed by atoms with Gasteiger partial charge in [-0.15, -0.1) is 10.2 Å². The second-order valence-corrected chi connectivity index (χ2v) is 7.18. The lowest BCUT2D eigenvalue weighted by Gasteiger charge is -2.31. The molecule has 0 bridgehead atoms. The van der Waals surface area contributed by atoms with Crippen molar-refractivity contribution in [3.63, 3.8) is 0 Å². The van der Waals surface area contributed by atoms with Gasteiger partial charge in [-0.3, -0.25) is 9.48 Å². The van der Waals surface area contributed by atoms with Crippen LogP contribution in [-0.4, -0.2) is 58.0 Å². The van der Waals surface area contributed by atoms with Gasteiger partial charge in [-0.25, -0.2) is 4.98 Å². The zero-order valence-corrected chi connectivity index (χ0v) is 16.4. The van der Waals surface area contributed by atoms with Gasteiger partial charge in [0.25, 0.3) is 0 Å². The number of aryl methyl sites for hydroxylation is 1. The van der Waals surface area contributed by atoms with Crippen LogP contribution in [0.1, 0.15) is 43.2 Å². The van der Waals surface area contributed by atoms with Crippen molar-refractivity contribution in [1.29, 1.82) is 0 Å². The quantitative estimate of drug-likeness (QED) is 0.644. The van der Waals surface area contributed by atoms with E-state index in [-0.39, 0.29) is 5.91 Å². The highest BCUT2D eigenvalue weighted by Crippen LogP contribution is 2.27. The Labute approximate surface area is 164 Å². The summed E-state index contributed by atoms with van der Waals surface area (Å²) in [6, 6.07) is 1.83. The Hall–Kier alpha value is -2.97. The van der Waals surface area contributed by atoms with Crippen LogP contribution in [0.4, 0.5) is 0 Å². The number of hydrogen-bond acceptors (Lipinski definition) is 5. The van der Waals surface area contributed by atoms with Crippen molar-refractivity contribution in [2.24, 2.45) is 0 Å². The van der Waals surface area contributed by atoms with E-state index in [1.54, 1.807) is 17.1 Å². The number of amides is 1. The van der Waals surface area contributed by atoms with E-state index < -0.39 is 0 Å². The Morgan fingerprint density at radius 2 is 2.00 bits per heavy atom. The molecule has 0 radical (unpaired) electrons. The number of nitrogens with zero attached hydrogens (tertiary/aromatic N) is 8. The van der Waals surface area contributed by atoms with Crippen molar-refractivity contribution in [2.45, 2.75) is 52.2 Å². The molecule has 0 saturated carbocycles. The molecular formula is C19H26N8O. The Balaban J connectivity index is 1.40. The molecule has 0 aromatic carbocycles. The maximum absolute atomic E-state index is 12.5. The van der Waals surface area contributed by atoms with E-state index in [1.807, 2.05) is 30.3 Å². The van der Waals surface area contributed by atoms with Crippen LogP contribution >= 0.6 is 0 Å². The topological polar surface area (TPSA) is 86.7 Å². The van der Waals surface area contributed by atoms with Crippen molar-refractivity contribution >= 4 is 5.91 Å². The van der Waals surface area contributed by atoms with Gasteiger partial charge in [0, 0.05) is 50.3 Å². The van der Waals surface area contributed by atoms with Crippen molar-refractivity contribution < 1.29 is 4.79 Å². The molecule has 3 aromatic rings. The molecule has 3 aromatic heterocycles. The first-order chi connectivity index (χ1) is 13.7. The molecule has 4 rings (SSSR count). The normalized spacial score (nSPS) is 15.3. The van der Waals surface area contributed by atoms with Crippen molar-refractivity contribution in [3.05, 3.63) is 48.3 Å². The molecule has 1 fully saturated rings. The number of aromatic nitrogens is 7. The minimum atomic E-state index is 0.121. The number of likely N-dealkylation sites (tertiary alicyclic amines) is 1. The Bertz CT molecular complexity index is 918. The monoisotopic (exact) mass is 382 g/mol. The standard InChI is InChI=1S/C19H26N8O/c1-3-27-17(13-25-12-8-20-15(25)2)22-23-19(27)16-5-10-24(11-6-16)18(28)14-26-9-4-7-21-26/h4,7-9,12,16H,3,5-6,10-11,13-14H2,1-2H3. The Morgan fingerprint density at radius 3 is 2.64 bits per heavy atom. The smallest absolute Gasteiger partial charge is 0.244 e. The van der Waals surface area contributed by atoms with Crippen molar-refractivity contribution in [1.82, 2.24) is 39.0 Å². The molecule has 9 heteroatoms. The Kier molecular flexibility index (Phi) is 5.23. The van der Waals surface area contributed by atoms with E-state index in [0.717, 1.165) is 49.9 Å². The fourth-order valence-corrected chi connectivity index (χ4v) is 3.86. The van der Waals surface area contributed by atoms with Gasteiger partial charge in [0.15, 0.2) is 5.82 Å². The Morgan fingerprint density at radius 1 is 1.18 bits per heavy atom. The number of hydrogen-bond donors (Lipinski definition) is 0. The zero-order chi connectivity index (χ0) is 19.5. The lowest BCUT2D eigenvalue weighted by atomic mass is 9.95. The number of carbonyl (C=O) groups is 1. The second-order valence-electron chi connectivity index (χ2n) is 7.18. The molecule has 9 nitrogen and oxygen atoms in total. The van der Waals surface area contributed by atoms with Gasteiger partial charge in [-0.2, -0.15) is 5.10 Å². The summed E-state index contributed by atoms with van der Waals surface area (Å²) < 4.78 is 5.97. The van der Waals surface area contributed by atoms with Crippen LogP contribution < -0.4 is 0 Å². The van der Waals surface area contributed by atoms with Crippen molar-refractivity contribution in [3.8, 4) is 0 Å². The second kappa shape index (κ2) is 7.95. The van der Waals surface area contributed by atoms with E-state index in [0.29, 0.717) is 19.0 Å². The summed E-state index contributed by atoms with van der Waals surface area (Å²) in [5.41, 5.74) is 0. The summed E-state index contributed by atoms with van der Waals surface area (Å²) in [7, 11) is 0. The van der Waals surface area contributed by atoms with E-state index in [9.17, 15) is 4.79 Å². The molecule has 0 atom stereocenters. The van der Waals surface area contributed by atoms with Crippen LogP contribution in [-0.2, 0) is 24.4 Å². The highest BCUT2D eigenvalue weighted by molar-refractivity contribution is 5.76. The first-order valence-corrected chi connectivity index (χ1v) is 9.80. The van der Waals surface area contributed by atoms with Gasteiger partial charge in [0.1, 0.15) is 18.2 Å². The van der Waals surface area contributed by atoms with Crippen LogP contribution in [0.2, 0.25) is 0 Å². The summed E-state index contributed by atoms with van der Waals surface area (Å²) in [5.74, 6) is 3.41. The van der Waals surface area contributed by atoms with Crippen molar-refractivity contribution in [2.75, 3.05) is 13.1 Å². The first-order valence-electron chi connectivity index (χ1n) is 9.80. The summed E-state index contributed by atoms with van der Waals surface area (Å²) in [6.07, 6.45) is 9.10. The highest BCUT2D eigenvalue weighted by Gasteiger charge is 2.28. The maximum atomic E-state index is 12.5. The van der Waals surface area contributed by atoms with Crippen LogP contribution in [0.3, 0.4) is 0 Å². The molecule has 1 aliphatic rings. The first kappa shape index (κ1) is 18.4. The minimum absolute atomic E-state index is 0.121. The minimum Gasteiger partial charge on any atom is -0.341 e. The van der Waals surface area contributed by atoms with Crippen LogP contribution in [0.15, 0.2) is 30.9 Å². The third-order valence-corrected chi connectivity index (χ3v) is 5.48. The molecule has 4 heterocycles. The van der Waals surface area contributed by atoms with Gasteiger partial charge in [-0.1, -0.05) is 0 Å². The SMILES string of the molecule is CCn1c(Cn2ccnc2C)nnc1C1CCN(C(=O)Cn2cccn2)CC1. The summed E-state index contributed by atoms with van der Waals surface area (Å²) in [5, 5.41) is 13.1. The van der Waals surface area contributed by atoms with E-state index in [2.05, 4.69) is 36.3 Å². The molecule has 0 spiro atoms. The average Bonchev–Trinajstić information content (AvgIpc) is 3.44. The van der Waals surface area contributed by atoms with E-state index >= 15 is 0 Å². The molecule has 0 N–H and O–H groups in total.